The van der Waals surface area contributed by atoms with Gasteiger partial charge in [-0.2, -0.15) is 13.2 Å². The van der Waals surface area contributed by atoms with E-state index in [1.807, 2.05) is 20.8 Å². The Morgan fingerprint density at radius 1 is 1.16 bits per heavy atom. The molecule has 0 amide bonds. The number of hydrogen-bond donors (Lipinski definition) is 2. The van der Waals surface area contributed by atoms with E-state index >= 15 is 0 Å². The third-order valence-corrected chi connectivity index (χ3v) is 3.35. The van der Waals surface area contributed by atoms with E-state index in [9.17, 15) is 22.7 Å². The molecule has 0 saturated carbocycles. The van der Waals surface area contributed by atoms with Crippen LogP contribution in [0.1, 0.15) is 32.0 Å². The summed E-state index contributed by atoms with van der Waals surface area (Å²) >= 11 is 0. The highest BCUT2D eigenvalue weighted by molar-refractivity contribution is 5.85. The van der Waals surface area contributed by atoms with Crippen LogP contribution in [0.25, 0.3) is 11.1 Å². The van der Waals surface area contributed by atoms with Crippen molar-refractivity contribution in [3.63, 3.8) is 0 Å². The summed E-state index contributed by atoms with van der Waals surface area (Å²) < 4.78 is 51.4. The van der Waals surface area contributed by atoms with Gasteiger partial charge in [0, 0.05) is 35.0 Å². The van der Waals surface area contributed by atoms with E-state index in [2.05, 4.69) is 10.3 Å². The number of halogens is 5. The van der Waals surface area contributed by atoms with Gasteiger partial charge in [-0.3, -0.25) is 0 Å². The predicted octanol–water partition coefficient (Wildman–Crippen LogP) is 4.92. The van der Waals surface area contributed by atoms with Crippen LogP contribution in [0.5, 0.6) is 5.75 Å². The second-order valence-corrected chi connectivity index (χ2v) is 6.47. The van der Waals surface area contributed by atoms with Crippen molar-refractivity contribution in [3.8, 4) is 16.9 Å². The van der Waals surface area contributed by atoms with Gasteiger partial charge in [-0.1, -0.05) is 18.2 Å². The minimum atomic E-state index is -4.86. The zero-order valence-electron chi connectivity index (χ0n) is 13.9. The molecule has 1 aromatic carbocycles. The summed E-state index contributed by atoms with van der Waals surface area (Å²) in [5.74, 6) is -1.59. The van der Waals surface area contributed by atoms with Crippen molar-refractivity contribution >= 4 is 12.4 Å². The van der Waals surface area contributed by atoms with Crippen LogP contribution in [0.3, 0.4) is 0 Å². The lowest BCUT2D eigenvalue weighted by atomic mass is 10.0. The number of hydrogen-bond acceptors (Lipinski definition) is 3. The van der Waals surface area contributed by atoms with Crippen LogP contribution in [0, 0.1) is 5.82 Å². The quantitative estimate of drug-likeness (QED) is 0.745. The SMILES string of the molecule is CC(C)(C)NCc1cccc(-c2cnc(C(F)(F)F)c(F)c2)c1O.Cl. The van der Waals surface area contributed by atoms with Crippen molar-refractivity contribution in [3.05, 3.63) is 47.5 Å². The summed E-state index contributed by atoms with van der Waals surface area (Å²) in [4.78, 5) is 3.16. The largest absolute Gasteiger partial charge is 0.507 e. The minimum Gasteiger partial charge on any atom is -0.507 e. The van der Waals surface area contributed by atoms with Gasteiger partial charge in [-0.05, 0) is 26.8 Å². The first kappa shape index (κ1) is 21.2. The molecule has 0 spiro atoms. The highest BCUT2D eigenvalue weighted by Crippen LogP contribution is 2.35. The summed E-state index contributed by atoms with van der Waals surface area (Å²) in [5, 5.41) is 13.5. The van der Waals surface area contributed by atoms with E-state index in [1.54, 1.807) is 12.1 Å². The molecule has 0 radical (unpaired) electrons. The molecule has 0 atom stereocenters. The van der Waals surface area contributed by atoms with Crippen molar-refractivity contribution in [2.45, 2.75) is 39.0 Å². The van der Waals surface area contributed by atoms with Gasteiger partial charge in [0.15, 0.2) is 11.5 Å². The number of alkyl halides is 3. The molecule has 0 saturated heterocycles. The van der Waals surface area contributed by atoms with E-state index in [0.29, 0.717) is 12.1 Å². The fraction of sp³-hybridized carbons (Fsp3) is 0.353. The van der Waals surface area contributed by atoms with Crippen LogP contribution < -0.4 is 5.32 Å². The molecular formula is C17H19ClF4N2O. The van der Waals surface area contributed by atoms with Gasteiger partial charge in [0.05, 0.1) is 0 Å². The second kappa shape index (κ2) is 7.58. The van der Waals surface area contributed by atoms with E-state index in [0.717, 1.165) is 12.3 Å². The fourth-order valence-electron chi connectivity index (χ4n) is 2.12. The topological polar surface area (TPSA) is 45.2 Å². The van der Waals surface area contributed by atoms with Gasteiger partial charge in [0.2, 0.25) is 0 Å². The number of aromatic nitrogens is 1. The van der Waals surface area contributed by atoms with Gasteiger partial charge < -0.3 is 10.4 Å². The van der Waals surface area contributed by atoms with Gasteiger partial charge in [-0.25, -0.2) is 9.37 Å². The Kier molecular flexibility index (Phi) is 6.42. The maximum absolute atomic E-state index is 13.7. The van der Waals surface area contributed by atoms with E-state index in [1.165, 1.54) is 6.07 Å². The molecule has 0 bridgehead atoms. The van der Waals surface area contributed by atoms with Gasteiger partial charge in [-0.15, -0.1) is 12.4 Å². The monoisotopic (exact) mass is 378 g/mol. The predicted molar refractivity (Wildman–Crippen MR) is 90.1 cm³/mol. The molecule has 2 rings (SSSR count). The summed E-state index contributed by atoms with van der Waals surface area (Å²) in [6.07, 6.45) is -3.95. The lowest BCUT2D eigenvalue weighted by Gasteiger charge is -2.21. The number of aromatic hydroxyl groups is 1. The molecule has 1 aromatic heterocycles. The zero-order valence-corrected chi connectivity index (χ0v) is 14.7. The highest BCUT2D eigenvalue weighted by Gasteiger charge is 2.36. The van der Waals surface area contributed by atoms with Crippen LogP contribution in [0.2, 0.25) is 0 Å². The first-order valence-corrected chi connectivity index (χ1v) is 7.28. The Labute approximate surface area is 149 Å². The van der Waals surface area contributed by atoms with Crippen LogP contribution in [0.15, 0.2) is 30.5 Å². The minimum absolute atomic E-state index is 0. The van der Waals surface area contributed by atoms with Crippen LogP contribution in [-0.4, -0.2) is 15.6 Å². The highest BCUT2D eigenvalue weighted by atomic mass is 35.5. The molecule has 3 nitrogen and oxygen atoms in total. The molecule has 8 heteroatoms. The molecule has 0 fully saturated rings. The Bertz CT molecular complexity index is 742. The number of nitrogens with one attached hydrogen (secondary N) is 1. The third-order valence-electron chi connectivity index (χ3n) is 3.35. The Morgan fingerprint density at radius 2 is 1.80 bits per heavy atom. The van der Waals surface area contributed by atoms with E-state index in [-0.39, 0.29) is 34.8 Å². The van der Waals surface area contributed by atoms with Crippen molar-refractivity contribution in [1.29, 1.82) is 0 Å². The van der Waals surface area contributed by atoms with Crippen molar-refractivity contribution in [2.75, 3.05) is 0 Å². The molecule has 2 aromatic rings. The smallest absolute Gasteiger partial charge is 0.436 e. The van der Waals surface area contributed by atoms with Gasteiger partial charge >= 0.3 is 6.18 Å². The Morgan fingerprint density at radius 3 is 2.32 bits per heavy atom. The molecule has 0 aliphatic heterocycles. The number of rotatable bonds is 3. The summed E-state index contributed by atoms with van der Waals surface area (Å²) in [7, 11) is 0. The second-order valence-electron chi connectivity index (χ2n) is 6.47. The zero-order chi connectivity index (χ0) is 18.1. The van der Waals surface area contributed by atoms with E-state index in [4.69, 9.17) is 0 Å². The molecule has 0 aliphatic rings. The molecule has 0 unspecified atom stereocenters. The Balaban J connectivity index is 0.00000312. The number of nitrogens with zero attached hydrogens (tertiary/aromatic N) is 1. The first-order valence-electron chi connectivity index (χ1n) is 7.28. The van der Waals surface area contributed by atoms with Crippen LogP contribution >= 0.6 is 12.4 Å². The van der Waals surface area contributed by atoms with Gasteiger partial charge in [0.25, 0.3) is 0 Å². The third kappa shape index (κ3) is 5.31. The molecular weight excluding hydrogens is 360 g/mol. The number of pyridine rings is 1. The fourth-order valence-corrected chi connectivity index (χ4v) is 2.12. The van der Waals surface area contributed by atoms with Crippen molar-refractivity contribution in [2.24, 2.45) is 0 Å². The molecule has 0 aliphatic carbocycles. The van der Waals surface area contributed by atoms with Crippen LogP contribution in [-0.2, 0) is 12.7 Å². The molecule has 25 heavy (non-hydrogen) atoms. The number of para-hydroxylation sites is 1. The Hall–Kier alpha value is -1.86. The number of phenolic OH excluding ortho intramolecular Hbond substituents is 1. The first-order chi connectivity index (χ1) is 11.0. The number of benzene rings is 1. The summed E-state index contributed by atoms with van der Waals surface area (Å²) in [5.41, 5.74) is -0.886. The standard InChI is InChI=1S/C17H18F4N2O.ClH/c1-16(2,3)23-9-10-5-4-6-12(14(10)24)11-7-13(18)15(22-8-11)17(19,20)21;/h4-8,23-24H,9H2,1-3H3;1H. The molecule has 2 N–H and O–H groups in total. The lowest BCUT2D eigenvalue weighted by Crippen LogP contribution is -2.35. The molecule has 1 heterocycles. The van der Waals surface area contributed by atoms with Gasteiger partial charge in [0.1, 0.15) is 5.75 Å². The lowest BCUT2D eigenvalue weighted by molar-refractivity contribution is -0.143. The van der Waals surface area contributed by atoms with Crippen LogP contribution in [0.4, 0.5) is 17.6 Å². The summed E-state index contributed by atoms with van der Waals surface area (Å²) in [6, 6.07) is 5.56. The number of phenols is 1. The van der Waals surface area contributed by atoms with Crippen molar-refractivity contribution in [1.82, 2.24) is 10.3 Å². The maximum Gasteiger partial charge on any atom is 0.436 e. The summed E-state index contributed by atoms with van der Waals surface area (Å²) in [6.45, 7) is 6.24. The average Bonchev–Trinajstić information content (AvgIpc) is 2.43. The molecule has 138 valence electrons. The maximum atomic E-state index is 13.7. The normalized spacial score (nSPS) is 12.0. The van der Waals surface area contributed by atoms with E-state index < -0.39 is 17.7 Å². The average molecular weight is 379 g/mol. The van der Waals surface area contributed by atoms with Crippen molar-refractivity contribution < 1.29 is 22.7 Å².